The lowest BCUT2D eigenvalue weighted by molar-refractivity contribution is 0.0826. The first kappa shape index (κ1) is 20.2. The van der Waals surface area contributed by atoms with Crippen LogP contribution in [0.15, 0.2) is 36.7 Å². The second-order valence-corrected chi connectivity index (χ2v) is 8.53. The van der Waals surface area contributed by atoms with Gasteiger partial charge in [-0.3, -0.25) is 4.79 Å². The van der Waals surface area contributed by atoms with Crippen molar-refractivity contribution in [3.63, 3.8) is 0 Å². The number of benzene rings is 1. The van der Waals surface area contributed by atoms with Gasteiger partial charge in [-0.25, -0.2) is 4.68 Å². The molecule has 0 aliphatic carbocycles. The van der Waals surface area contributed by atoms with Gasteiger partial charge in [0.15, 0.2) is 0 Å². The molecule has 1 saturated heterocycles. The van der Waals surface area contributed by atoms with E-state index in [1.54, 1.807) is 23.0 Å². The largest absolute Gasteiger partial charge is 0.381 e. The van der Waals surface area contributed by atoms with Crippen molar-refractivity contribution < 1.29 is 9.53 Å². The van der Waals surface area contributed by atoms with Gasteiger partial charge in [0.25, 0.3) is 5.91 Å². The number of carbonyl (C=O) groups excluding carboxylic acids is 1. The van der Waals surface area contributed by atoms with E-state index in [1.807, 2.05) is 18.3 Å². The lowest BCUT2D eigenvalue weighted by atomic mass is 9.99. The summed E-state index contributed by atoms with van der Waals surface area (Å²) >= 11 is 6.34. The predicted molar refractivity (Wildman–Crippen MR) is 116 cm³/mol. The first-order chi connectivity index (χ1) is 15.2. The number of halogens is 1. The van der Waals surface area contributed by atoms with E-state index in [-0.39, 0.29) is 11.9 Å². The number of nitrogens with one attached hydrogen (secondary N) is 1. The molecule has 2 aliphatic rings. The molecule has 0 radical (unpaired) electrons. The maximum absolute atomic E-state index is 13.0. The molecule has 1 atom stereocenters. The summed E-state index contributed by atoms with van der Waals surface area (Å²) in [5, 5.41) is 16.8. The Hall–Kier alpha value is -2.71. The number of amides is 1. The van der Waals surface area contributed by atoms with Crippen LogP contribution in [0.3, 0.4) is 0 Å². The van der Waals surface area contributed by atoms with Crippen molar-refractivity contribution >= 4 is 17.5 Å². The van der Waals surface area contributed by atoms with Crippen LogP contribution in [0.2, 0.25) is 5.02 Å². The third-order valence-corrected chi connectivity index (χ3v) is 6.49. The second kappa shape index (κ2) is 8.80. The standard InChI is InChI=1S/C22H25ClN6O2/c23-19-4-3-17(29-10-1-9-24-29)14-18(19)22(30)25-16-2-5-20-26-27-21(28(20)11-6-16)15-7-12-31-13-8-15/h1,3-4,9-10,14-16H,2,5-8,11-13H2,(H,25,30). The quantitative estimate of drug-likeness (QED) is 0.673. The molecular formula is C22H25ClN6O2. The Labute approximate surface area is 185 Å². The monoisotopic (exact) mass is 440 g/mol. The molecule has 31 heavy (non-hydrogen) atoms. The zero-order chi connectivity index (χ0) is 21.2. The minimum absolute atomic E-state index is 0.0566. The Balaban J connectivity index is 1.28. The van der Waals surface area contributed by atoms with Crippen molar-refractivity contribution in [3.8, 4) is 5.69 Å². The van der Waals surface area contributed by atoms with Crippen LogP contribution in [0.1, 0.15) is 53.6 Å². The molecule has 1 N–H and O–H groups in total. The lowest BCUT2D eigenvalue weighted by Crippen LogP contribution is -2.35. The van der Waals surface area contributed by atoms with Gasteiger partial charge in [-0.2, -0.15) is 5.10 Å². The van der Waals surface area contributed by atoms with E-state index < -0.39 is 0 Å². The number of nitrogens with zero attached hydrogens (tertiary/aromatic N) is 5. The molecule has 4 heterocycles. The Bertz CT molecular complexity index is 1060. The predicted octanol–water partition coefficient (Wildman–Crippen LogP) is 3.15. The Morgan fingerprint density at radius 2 is 2.03 bits per heavy atom. The van der Waals surface area contributed by atoms with E-state index in [1.165, 1.54) is 0 Å². The molecule has 1 fully saturated rings. The van der Waals surface area contributed by atoms with Crippen molar-refractivity contribution in [1.29, 1.82) is 0 Å². The van der Waals surface area contributed by atoms with E-state index in [4.69, 9.17) is 16.3 Å². The summed E-state index contributed by atoms with van der Waals surface area (Å²) in [6, 6.07) is 7.26. The molecular weight excluding hydrogens is 416 g/mol. The highest BCUT2D eigenvalue weighted by atomic mass is 35.5. The summed E-state index contributed by atoms with van der Waals surface area (Å²) < 4.78 is 9.46. The van der Waals surface area contributed by atoms with Crippen LogP contribution in [0.4, 0.5) is 0 Å². The number of aromatic nitrogens is 5. The third kappa shape index (κ3) is 4.22. The van der Waals surface area contributed by atoms with Gasteiger partial charge >= 0.3 is 0 Å². The molecule has 9 heteroatoms. The summed E-state index contributed by atoms with van der Waals surface area (Å²) in [5.74, 6) is 2.33. The number of aryl methyl sites for hydroxylation is 1. The molecule has 2 aromatic heterocycles. The fourth-order valence-corrected chi connectivity index (χ4v) is 4.63. The van der Waals surface area contributed by atoms with Crippen molar-refractivity contribution in [2.75, 3.05) is 13.2 Å². The lowest BCUT2D eigenvalue weighted by Gasteiger charge is -2.22. The van der Waals surface area contributed by atoms with Crippen LogP contribution < -0.4 is 5.32 Å². The molecule has 0 saturated carbocycles. The van der Waals surface area contributed by atoms with E-state index in [0.29, 0.717) is 16.5 Å². The normalized spacial score (nSPS) is 19.6. The fourth-order valence-electron chi connectivity index (χ4n) is 4.43. The highest BCUT2D eigenvalue weighted by molar-refractivity contribution is 6.33. The Kier molecular flexibility index (Phi) is 5.74. The fraction of sp³-hybridized carbons (Fsp3) is 0.455. The number of ether oxygens (including phenoxy) is 1. The van der Waals surface area contributed by atoms with Crippen molar-refractivity contribution in [1.82, 2.24) is 29.9 Å². The van der Waals surface area contributed by atoms with Crippen LogP contribution in [-0.2, 0) is 17.7 Å². The number of carbonyl (C=O) groups is 1. The van der Waals surface area contributed by atoms with Crippen molar-refractivity contribution in [3.05, 3.63) is 58.9 Å². The van der Waals surface area contributed by atoms with Gasteiger partial charge in [-0.15, -0.1) is 10.2 Å². The summed E-state index contributed by atoms with van der Waals surface area (Å²) in [6.45, 7) is 2.37. The SMILES string of the molecule is O=C(NC1CCc2nnc(C3CCOCC3)n2CC1)c1cc(-n2cccn2)ccc1Cl. The van der Waals surface area contributed by atoms with Gasteiger partial charge in [-0.05, 0) is 49.9 Å². The molecule has 162 valence electrons. The first-order valence-corrected chi connectivity index (χ1v) is 11.2. The average Bonchev–Trinajstić information content (AvgIpc) is 3.43. The molecule has 5 rings (SSSR count). The number of hydrogen-bond donors (Lipinski definition) is 1. The Morgan fingerprint density at radius 3 is 2.84 bits per heavy atom. The van der Waals surface area contributed by atoms with E-state index in [9.17, 15) is 4.79 Å². The van der Waals surface area contributed by atoms with Gasteiger partial charge in [0.05, 0.1) is 16.3 Å². The maximum Gasteiger partial charge on any atom is 0.253 e. The second-order valence-electron chi connectivity index (χ2n) is 8.13. The van der Waals surface area contributed by atoms with Gasteiger partial charge in [0, 0.05) is 50.5 Å². The van der Waals surface area contributed by atoms with Crippen molar-refractivity contribution in [2.45, 2.75) is 50.6 Å². The topological polar surface area (TPSA) is 86.9 Å². The van der Waals surface area contributed by atoms with Gasteiger partial charge in [0.2, 0.25) is 0 Å². The summed E-state index contributed by atoms with van der Waals surface area (Å²) in [6.07, 6.45) is 7.97. The van der Waals surface area contributed by atoms with Crippen LogP contribution in [-0.4, -0.2) is 49.7 Å². The minimum atomic E-state index is -0.161. The third-order valence-electron chi connectivity index (χ3n) is 6.16. The molecule has 2 aliphatic heterocycles. The summed E-state index contributed by atoms with van der Waals surface area (Å²) in [5.41, 5.74) is 1.26. The molecule has 3 aromatic rings. The molecule has 8 nitrogen and oxygen atoms in total. The molecule has 1 aromatic carbocycles. The van der Waals surface area contributed by atoms with Gasteiger partial charge in [-0.1, -0.05) is 11.6 Å². The number of hydrogen-bond acceptors (Lipinski definition) is 5. The van der Waals surface area contributed by atoms with Crippen LogP contribution in [0, 0.1) is 0 Å². The van der Waals surface area contributed by atoms with Crippen LogP contribution in [0.25, 0.3) is 5.69 Å². The Morgan fingerprint density at radius 1 is 1.16 bits per heavy atom. The van der Waals surface area contributed by atoms with Crippen LogP contribution in [0.5, 0.6) is 0 Å². The van der Waals surface area contributed by atoms with Gasteiger partial charge < -0.3 is 14.6 Å². The molecule has 0 bridgehead atoms. The molecule has 1 amide bonds. The molecule has 1 unspecified atom stereocenters. The zero-order valence-corrected chi connectivity index (χ0v) is 18.0. The first-order valence-electron chi connectivity index (χ1n) is 10.8. The summed E-state index contributed by atoms with van der Waals surface area (Å²) in [7, 11) is 0. The van der Waals surface area contributed by atoms with E-state index in [2.05, 4.69) is 25.2 Å². The number of rotatable bonds is 4. The van der Waals surface area contributed by atoms with E-state index >= 15 is 0 Å². The van der Waals surface area contributed by atoms with E-state index in [0.717, 1.165) is 69.2 Å². The molecule has 0 spiro atoms. The highest BCUT2D eigenvalue weighted by Gasteiger charge is 2.27. The van der Waals surface area contributed by atoms with Gasteiger partial charge in [0.1, 0.15) is 11.6 Å². The zero-order valence-electron chi connectivity index (χ0n) is 17.2. The minimum Gasteiger partial charge on any atom is -0.381 e. The van der Waals surface area contributed by atoms with Crippen molar-refractivity contribution in [2.24, 2.45) is 0 Å². The summed E-state index contributed by atoms with van der Waals surface area (Å²) in [4.78, 5) is 13.0. The number of fused-ring (bicyclic) bond motifs is 1. The maximum atomic E-state index is 13.0. The van der Waals surface area contributed by atoms with Crippen LogP contribution >= 0.6 is 11.6 Å². The average molecular weight is 441 g/mol. The smallest absolute Gasteiger partial charge is 0.253 e. The highest BCUT2D eigenvalue weighted by Crippen LogP contribution is 2.28.